The summed E-state index contributed by atoms with van der Waals surface area (Å²) in [5.74, 6) is 0. The molecule has 1 saturated heterocycles. The van der Waals surface area contributed by atoms with E-state index < -0.39 is 0 Å². The highest BCUT2D eigenvalue weighted by Gasteiger charge is 2.18. The van der Waals surface area contributed by atoms with Crippen LogP contribution in [0.4, 0.5) is 0 Å². The molecule has 0 atom stereocenters. The summed E-state index contributed by atoms with van der Waals surface area (Å²) in [4.78, 5) is 21.1. The zero-order chi connectivity index (χ0) is 15.7. The van der Waals surface area contributed by atoms with Gasteiger partial charge >= 0.3 is 0 Å². The lowest BCUT2D eigenvalue weighted by Crippen LogP contribution is -2.46. The van der Waals surface area contributed by atoms with E-state index in [1.165, 1.54) is 0 Å². The van der Waals surface area contributed by atoms with Crippen LogP contribution in [0.3, 0.4) is 0 Å². The van der Waals surface area contributed by atoms with E-state index in [9.17, 15) is 4.79 Å². The van der Waals surface area contributed by atoms with E-state index in [2.05, 4.69) is 21.7 Å². The molecule has 0 amide bonds. The Bertz CT molecular complexity index is 727. The van der Waals surface area contributed by atoms with Crippen molar-refractivity contribution in [3.63, 3.8) is 0 Å². The molecular formula is C18H25N3O. The highest BCUT2D eigenvalue weighted by atomic mass is 16.1. The molecule has 1 fully saturated rings. The molecule has 22 heavy (non-hydrogen) atoms. The molecule has 1 aromatic carbocycles. The fraction of sp³-hybridized carbons (Fsp3) is 0.500. The number of piperazine rings is 1. The Morgan fingerprint density at radius 2 is 1.77 bits per heavy atom. The number of benzene rings is 1. The average molecular weight is 299 g/mol. The number of rotatable bonds is 3. The second-order valence-electron chi connectivity index (χ2n) is 6.27. The quantitative estimate of drug-likeness (QED) is 0.945. The minimum absolute atomic E-state index is 0.188. The molecule has 0 spiro atoms. The number of aromatic nitrogens is 1. The predicted octanol–water partition coefficient (Wildman–Crippen LogP) is 2.28. The van der Waals surface area contributed by atoms with Crippen LogP contribution in [0, 0.1) is 13.8 Å². The molecule has 0 unspecified atom stereocenters. The van der Waals surface area contributed by atoms with E-state index >= 15 is 0 Å². The third-order valence-corrected chi connectivity index (χ3v) is 4.85. The van der Waals surface area contributed by atoms with Gasteiger partial charge in [0.25, 0.3) is 0 Å². The number of pyridine rings is 1. The topological polar surface area (TPSA) is 39.3 Å². The van der Waals surface area contributed by atoms with E-state index in [4.69, 9.17) is 0 Å². The zero-order valence-electron chi connectivity index (χ0n) is 13.8. The van der Waals surface area contributed by atoms with Gasteiger partial charge in [-0.1, -0.05) is 19.1 Å². The molecule has 4 nitrogen and oxygen atoms in total. The van der Waals surface area contributed by atoms with Crippen LogP contribution in [0.1, 0.15) is 23.7 Å². The van der Waals surface area contributed by atoms with Crippen molar-refractivity contribution in [2.24, 2.45) is 0 Å². The second kappa shape index (κ2) is 6.23. The van der Waals surface area contributed by atoms with Crippen molar-refractivity contribution in [2.45, 2.75) is 27.3 Å². The van der Waals surface area contributed by atoms with E-state index in [-0.39, 0.29) is 5.43 Å². The second-order valence-corrected chi connectivity index (χ2v) is 6.27. The van der Waals surface area contributed by atoms with Gasteiger partial charge in [0.2, 0.25) is 0 Å². The number of hydrogen-bond donors (Lipinski definition) is 1. The summed E-state index contributed by atoms with van der Waals surface area (Å²) >= 11 is 0. The number of aryl methyl sites for hydroxylation is 2. The first-order chi connectivity index (χ1) is 10.6. The Kier molecular flexibility index (Phi) is 4.32. The van der Waals surface area contributed by atoms with Crippen molar-refractivity contribution in [1.29, 1.82) is 0 Å². The monoisotopic (exact) mass is 299 g/mol. The molecule has 118 valence electrons. The van der Waals surface area contributed by atoms with Gasteiger partial charge in [-0.05, 0) is 32.0 Å². The van der Waals surface area contributed by atoms with Gasteiger partial charge in [0.15, 0.2) is 5.43 Å². The lowest BCUT2D eigenvalue weighted by Gasteiger charge is -2.34. The highest BCUT2D eigenvalue weighted by Crippen LogP contribution is 2.16. The Balaban J connectivity index is 1.90. The first kappa shape index (κ1) is 15.3. The number of nitrogens with zero attached hydrogens (tertiary/aromatic N) is 2. The molecule has 1 aliphatic heterocycles. The van der Waals surface area contributed by atoms with Crippen molar-refractivity contribution in [1.82, 2.24) is 14.8 Å². The summed E-state index contributed by atoms with van der Waals surface area (Å²) < 4.78 is 0. The van der Waals surface area contributed by atoms with Gasteiger partial charge in [-0.25, -0.2) is 0 Å². The van der Waals surface area contributed by atoms with Gasteiger partial charge < -0.3 is 9.88 Å². The number of aromatic amines is 1. The van der Waals surface area contributed by atoms with Crippen molar-refractivity contribution in [3.8, 4) is 0 Å². The summed E-state index contributed by atoms with van der Waals surface area (Å²) in [5, 5.41) is 0.813. The highest BCUT2D eigenvalue weighted by molar-refractivity contribution is 5.82. The van der Waals surface area contributed by atoms with Gasteiger partial charge in [-0.3, -0.25) is 9.69 Å². The number of H-pyrrole nitrogens is 1. The van der Waals surface area contributed by atoms with Crippen molar-refractivity contribution >= 4 is 10.9 Å². The minimum Gasteiger partial charge on any atom is -0.358 e. The van der Waals surface area contributed by atoms with E-state index in [1.807, 2.05) is 32.0 Å². The molecule has 3 rings (SSSR count). The van der Waals surface area contributed by atoms with Gasteiger partial charge in [0.1, 0.15) is 0 Å². The maximum atomic E-state index is 12.8. The van der Waals surface area contributed by atoms with Crippen LogP contribution in [0.5, 0.6) is 0 Å². The number of para-hydroxylation sites is 1. The smallest absolute Gasteiger partial charge is 0.194 e. The molecular weight excluding hydrogens is 274 g/mol. The van der Waals surface area contributed by atoms with Crippen LogP contribution in [0.15, 0.2) is 23.0 Å². The Hall–Kier alpha value is -1.65. The van der Waals surface area contributed by atoms with Crippen LogP contribution < -0.4 is 5.43 Å². The summed E-state index contributed by atoms with van der Waals surface area (Å²) in [6.45, 7) is 12.4. The van der Waals surface area contributed by atoms with Crippen molar-refractivity contribution < 1.29 is 0 Å². The van der Waals surface area contributed by atoms with Gasteiger partial charge in [-0.15, -0.1) is 0 Å². The lowest BCUT2D eigenvalue weighted by molar-refractivity contribution is 0.131. The summed E-state index contributed by atoms with van der Waals surface area (Å²) in [6, 6.07) is 5.94. The third-order valence-electron chi connectivity index (χ3n) is 4.85. The van der Waals surface area contributed by atoms with Gasteiger partial charge in [0, 0.05) is 49.4 Å². The van der Waals surface area contributed by atoms with Crippen molar-refractivity contribution in [3.05, 3.63) is 45.2 Å². The average Bonchev–Trinajstić information content (AvgIpc) is 2.53. The normalized spacial score (nSPS) is 17.2. The zero-order valence-corrected chi connectivity index (χ0v) is 13.8. The first-order valence-corrected chi connectivity index (χ1v) is 8.16. The van der Waals surface area contributed by atoms with Gasteiger partial charge in [-0.2, -0.15) is 0 Å². The number of fused-ring (bicyclic) bond motifs is 1. The van der Waals surface area contributed by atoms with E-state index in [0.717, 1.165) is 67.0 Å². The Morgan fingerprint density at radius 3 is 2.45 bits per heavy atom. The Labute approximate surface area is 131 Å². The fourth-order valence-corrected chi connectivity index (χ4v) is 3.30. The molecule has 0 bridgehead atoms. The van der Waals surface area contributed by atoms with Crippen LogP contribution in [0.2, 0.25) is 0 Å². The van der Waals surface area contributed by atoms with Crippen LogP contribution in [0.25, 0.3) is 10.9 Å². The van der Waals surface area contributed by atoms with Crippen LogP contribution in [-0.4, -0.2) is 47.5 Å². The summed E-state index contributed by atoms with van der Waals surface area (Å²) in [6.07, 6.45) is 0. The third kappa shape index (κ3) is 2.81. The fourth-order valence-electron chi connectivity index (χ4n) is 3.30. The Morgan fingerprint density at radius 1 is 1.09 bits per heavy atom. The molecule has 0 aliphatic carbocycles. The molecule has 1 aromatic heterocycles. The molecule has 4 heteroatoms. The molecule has 0 saturated carbocycles. The first-order valence-electron chi connectivity index (χ1n) is 8.16. The molecule has 2 heterocycles. The predicted molar refractivity (Wildman–Crippen MR) is 91.4 cm³/mol. The number of nitrogens with one attached hydrogen (secondary N) is 1. The summed E-state index contributed by atoms with van der Waals surface area (Å²) in [7, 11) is 0. The minimum atomic E-state index is 0.188. The standard InChI is InChI=1S/C18H25N3O/c1-4-20-8-10-21(11-9-20)12-16-14(3)19-17-13(2)6-5-7-15(17)18(16)22/h5-7H,4,8-12H2,1-3H3,(H,19,22). The number of hydrogen-bond acceptors (Lipinski definition) is 3. The maximum absolute atomic E-state index is 12.8. The van der Waals surface area contributed by atoms with Crippen molar-refractivity contribution in [2.75, 3.05) is 32.7 Å². The van der Waals surface area contributed by atoms with E-state index in [1.54, 1.807) is 0 Å². The van der Waals surface area contributed by atoms with Gasteiger partial charge in [0.05, 0.1) is 5.52 Å². The maximum Gasteiger partial charge on any atom is 0.194 e. The van der Waals surface area contributed by atoms with Crippen LogP contribution >= 0.6 is 0 Å². The SMILES string of the molecule is CCN1CCN(Cc2c(C)[nH]c3c(C)cccc3c2=O)CC1. The molecule has 2 aromatic rings. The van der Waals surface area contributed by atoms with E-state index in [0.29, 0.717) is 0 Å². The largest absolute Gasteiger partial charge is 0.358 e. The van der Waals surface area contributed by atoms with Crippen LogP contribution in [-0.2, 0) is 6.54 Å². The summed E-state index contributed by atoms with van der Waals surface area (Å²) in [5.41, 5.74) is 4.21. The lowest BCUT2D eigenvalue weighted by atomic mass is 10.1. The molecule has 1 N–H and O–H groups in total. The molecule has 0 radical (unpaired) electrons. The number of likely N-dealkylation sites (N-methyl/N-ethyl adjacent to an activating group) is 1. The molecule has 1 aliphatic rings.